The molecule has 0 aliphatic heterocycles. The van der Waals surface area contributed by atoms with E-state index in [1.54, 1.807) is 0 Å². The van der Waals surface area contributed by atoms with Gasteiger partial charge in [0.2, 0.25) is 0 Å². The van der Waals surface area contributed by atoms with Crippen LogP contribution in [0.3, 0.4) is 0 Å². The molecule has 0 radical (unpaired) electrons. The quantitative estimate of drug-likeness (QED) is 0.386. The highest BCUT2D eigenvalue weighted by atomic mass is 16.6. The van der Waals surface area contributed by atoms with E-state index in [-0.39, 0.29) is 12.0 Å². The summed E-state index contributed by atoms with van der Waals surface area (Å²) in [6, 6.07) is 14.4. The van der Waals surface area contributed by atoms with Crippen LogP contribution in [0, 0.1) is 0 Å². The first kappa shape index (κ1) is 24.2. The highest BCUT2D eigenvalue weighted by molar-refractivity contribution is 6.13. The second-order valence-electron chi connectivity index (χ2n) is 10.1. The van der Waals surface area contributed by atoms with Crippen LogP contribution >= 0.6 is 0 Å². The first-order valence-corrected chi connectivity index (χ1v) is 13.0. The van der Waals surface area contributed by atoms with Crippen molar-refractivity contribution in [1.29, 1.82) is 0 Å². The molecule has 0 spiro atoms. The number of aromatic nitrogens is 1. The van der Waals surface area contributed by atoms with Crippen LogP contribution in [0.15, 0.2) is 42.5 Å². The minimum absolute atomic E-state index is 0.0578. The molecule has 0 saturated heterocycles. The molecule has 7 heteroatoms. The first-order chi connectivity index (χ1) is 17.4. The molecule has 2 saturated carbocycles. The van der Waals surface area contributed by atoms with Crippen molar-refractivity contribution < 1.29 is 19.1 Å². The van der Waals surface area contributed by atoms with E-state index >= 15 is 0 Å². The van der Waals surface area contributed by atoms with E-state index in [2.05, 4.69) is 16.0 Å². The lowest BCUT2D eigenvalue weighted by Gasteiger charge is -2.30. The average Bonchev–Trinajstić information content (AvgIpc) is 3.61. The Hall–Kier alpha value is -3.48. The van der Waals surface area contributed by atoms with Crippen molar-refractivity contribution in [3.8, 4) is 17.0 Å². The highest BCUT2D eigenvalue weighted by Crippen LogP contribution is 2.44. The SMILES string of the molecule is CCOc1ccc2c(C(=O)N(C)C3CC3)c(-c3ccc(NC(=O)OC(C)C)cc3)n(C3CCC3)c2c1. The van der Waals surface area contributed by atoms with Crippen LogP contribution in [0.4, 0.5) is 10.5 Å². The normalized spacial score (nSPS) is 15.6. The molecular weight excluding hydrogens is 454 g/mol. The van der Waals surface area contributed by atoms with E-state index in [4.69, 9.17) is 9.47 Å². The van der Waals surface area contributed by atoms with Gasteiger partial charge in [-0.1, -0.05) is 12.1 Å². The molecule has 190 valence electrons. The largest absolute Gasteiger partial charge is 0.494 e. The summed E-state index contributed by atoms with van der Waals surface area (Å²) in [4.78, 5) is 27.9. The molecule has 1 aromatic heterocycles. The van der Waals surface area contributed by atoms with Crippen LogP contribution < -0.4 is 10.1 Å². The van der Waals surface area contributed by atoms with Gasteiger partial charge in [-0.25, -0.2) is 4.79 Å². The lowest BCUT2D eigenvalue weighted by atomic mass is 9.92. The van der Waals surface area contributed by atoms with Gasteiger partial charge >= 0.3 is 6.09 Å². The molecule has 0 bridgehead atoms. The number of hydrogen-bond acceptors (Lipinski definition) is 4. The number of ether oxygens (including phenoxy) is 2. The number of amides is 2. The molecule has 2 fully saturated rings. The maximum atomic E-state index is 13.9. The summed E-state index contributed by atoms with van der Waals surface area (Å²) in [7, 11) is 1.91. The third-order valence-electron chi connectivity index (χ3n) is 7.10. The number of rotatable bonds is 8. The van der Waals surface area contributed by atoms with Gasteiger partial charge in [0.05, 0.1) is 29.5 Å². The molecule has 2 aliphatic rings. The first-order valence-electron chi connectivity index (χ1n) is 13.0. The van der Waals surface area contributed by atoms with Gasteiger partial charge in [-0.2, -0.15) is 0 Å². The Morgan fingerprint density at radius 2 is 1.81 bits per heavy atom. The van der Waals surface area contributed by atoms with Crippen LogP contribution in [0.1, 0.15) is 69.3 Å². The standard InChI is InChI=1S/C29H35N3O4/c1-5-35-23-15-16-24-25(17-23)32(22-7-6-8-22)27(26(24)28(33)31(4)21-13-14-21)19-9-11-20(12-10-19)30-29(34)36-18(2)3/h9-12,15-18,21-22H,5-8,13-14H2,1-4H3,(H,30,34). The van der Waals surface area contributed by atoms with Crippen molar-refractivity contribution in [2.24, 2.45) is 0 Å². The molecular formula is C29H35N3O4. The average molecular weight is 490 g/mol. The van der Waals surface area contributed by atoms with Crippen LogP contribution in [0.25, 0.3) is 22.2 Å². The van der Waals surface area contributed by atoms with E-state index < -0.39 is 6.09 Å². The molecule has 1 heterocycles. The molecule has 5 rings (SSSR count). The highest BCUT2D eigenvalue weighted by Gasteiger charge is 2.35. The summed E-state index contributed by atoms with van der Waals surface area (Å²) >= 11 is 0. The maximum Gasteiger partial charge on any atom is 0.411 e. The summed E-state index contributed by atoms with van der Waals surface area (Å²) in [5, 5.41) is 3.74. The summed E-state index contributed by atoms with van der Waals surface area (Å²) in [5.74, 6) is 0.870. The van der Waals surface area contributed by atoms with Crippen LogP contribution in [0.2, 0.25) is 0 Å². The number of carbonyl (C=O) groups excluding carboxylic acids is 2. The minimum Gasteiger partial charge on any atom is -0.494 e. The van der Waals surface area contributed by atoms with Crippen molar-refractivity contribution in [2.75, 3.05) is 19.0 Å². The minimum atomic E-state index is -0.480. The van der Waals surface area contributed by atoms with Crippen molar-refractivity contribution in [2.45, 2.75) is 71.1 Å². The van der Waals surface area contributed by atoms with E-state index in [9.17, 15) is 9.59 Å². The summed E-state index contributed by atoms with van der Waals surface area (Å²) in [5.41, 5.74) is 4.33. The number of nitrogens with one attached hydrogen (secondary N) is 1. The van der Waals surface area contributed by atoms with Gasteiger partial charge in [0.25, 0.3) is 5.91 Å². The lowest BCUT2D eigenvalue weighted by molar-refractivity contribution is 0.0787. The number of hydrogen-bond donors (Lipinski definition) is 1. The second-order valence-corrected chi connectivity index (χ2v) is 10.1. The number of benzene rings is 2. The fourth-order valence-electron chi connectivity index (χ4n) is 4.95. The van der Waals surface area contributed by atoms with Gasteiger partial charge in [-0.05, 0) is 82.7 Å². The predicted octanol–water partition coefficient (Wildman–Crippen LogP) is 6.62. The summed E-state index contributed by atoms with van der Waals surface area (Å²) in [6.07, 6.45) is 4.79. The molecule has 3 aromatic rings. The van der Waals surface area contributed by atoms with Gasteiger partial charge in [-0.3, -0.25) is 10.1 Å². The number of anilines is 1. The Morgan fingerprint density at radius 3 is 2.39 bits per heavy atom. The van der Waals surface area contributed by atoms with Gasteiger partial charge in [0, 0.05) is 36.3 Å². The number of fused-ring (bicyclic) bond motifs is 1. The van der Waals surface area contributed by atoms with Gasteiger partial charge in [0.15, 0.2) is 0 Å². The summed E-state index contributed by atoms with van der Waals surface area (Å²) < 4.78 is 13.4. The Labute approximate surface area is 212 Å². The Bertz CT molecular complexity index is 1270. The van der Waals surface area contributed by atoms with Gasteiger partial charge < -0.3 is 18.9 Å². The molecule has 36 heavy (non-hydrogen) atoms. The van der Waals surface area contributed by atoms with Crippen molar-refractivity contribution in [3.63, 3.8) is 0 Å². The summed E-state index contributed by atoms with van der Waals surface area (Å²) in [6.45, 7) is 6.20. The van der Waals surface area contributed by atoms with Crippen molar-refractivity contribution in [1.82, 2.24) is 9.47 Å². The molecule has 0 atom stereocenters. The zero-order chi connectivity index (χ0) is 25.4. The van der Waals surface area contributed by atoms with Crippen molar-refractivity contribution >= 4 is 28.6 Å². The monoisotopic (exact) mass is 489 g/mol. The Morgan fingerprint density at radius 1 is 1.08 bits per heavy atom. The second kappa shape index (κ2) is 9.88. The Balaban J connectivity index is 1.63. The van der Waals surface area contributed by atoms with E-state index in [0.29, 0.717) is 24.4 Å². The fraction of sp³-hybridized carbons (Fsp3) is 0.448. The zero-order valence-electron chi connectivity index (χ0n) is 21.5. The zero-order valence-corrected chi connectivity index (χ0v) is 21.5. The van der Waals surface area contributed by atoms with Crippen LogP contribution in [0.5, 0.6) is 5.75 Å². The van der Waals surface area contributed by atoms with Gasteiger partial charge in [0.1, 0.15) is 5.75 Å². The Kier molecular flexibility index (Phi) is 6.65. The molecule has 7 nitrogen and oxygen atoms in total. The molecule has 2 aromatic carbocycles. The van der Waals surface area contributed by atoms with E-state index in [0.717, 1.165) is 59.2 Å². The molecule has 1 N–H and O–H groups in total. The number of nitrogens with zero attached hydrogens (tertiary/aromatic N) is 2. The van der Waals surface area contributed by atoms with E-state index in [1.807, 2.05) is 69.1 Å². The molecule has 2 aliphatic carbocycles. The van der Waals surface area contributed by atoms with Gasteiger partial charge in [-0.15, -0.1) is 0 Å². The molecule has 0 unspecified atom stereocenters. The number of carbonyl (C=O) groups is 2. The fourth-order valence-corrected chi connectivity index (χ4v) is 4.95. The third-order valence-corrected chi connectivity index (χ3v) is 7.10. The van der Waals surface area contributed by atoms with Crippen LogP contribution in [-0.2, 0) is 4.74 Å². The van der Waals surface area contributed by atoms with Crippen LogP contribution in [-0.4, -0.2) is 47.3 Å². The maximum absolute atomic E-state index is 13.9. The molecule has 2 amide bonds. The van der Waals surface area contributed by atoms with Crippen molar-refractivity contribution in [3.05, 3.63) is 48.0 Å². The lowest BCUT2D eigenvalue weighted by Crippen LogP contribution is -2.29. The smallest absolute Gasteiger partial charge is 0.411 e. The van der Waals surface area contributed by atoms with E-state index in [1.165, 1.54) is 6.42 Å². The topological polar surface area (TPSA) is 72.8 Å². The third kappa shape index (κ3) is 4.66. The predicted molar refractivity (Wildman–Crippen MR) is 142 cm³/mol.